The summed E-state index contributed by atoms with van der Waals surface area (Å²) in [4.78, 5) is 2.34. The van der Waals surface area contributed by atoms with Crippen LogP contribution in [0.25, 0.3) is 0 Å². The van der Waals surface area contributed by atoms with Crippen molar-refractivity contribution in [2.24, 2.45) is 5.41 Å². The van der Waals surface area contributed by atoms with Crippen molar-refractivity contribution in [1.29, 1.82) is 0 Å². The molecule has 0 amide bonds. The highest BCUT2D eigenvalue weighted by Gasteiger charge is 2.34. The Bertz CT molecular complexity index is 354. The van der Waals surface area contributed by atoms with Gasteiger partial charge in [-0.3, -0.25) is 0 Å². The lowest BCUT2D eigenvalue weighted by atomic mass is 9.84. The lowest BCUT2D eigenvalue weighted by molar-refractivity contribution is 0.276. The Morgan fingerprint density at radius 1 is 1.36 bits per heavy atom. The molecule has 0 radical (unpaired) electrons. The average Bonchev–Trinajstić information content (AvgIpc) is 2.05. The summed E-state index contributed by atoms with van der Waals surface area (Å²) in [5.41, 5.74) is 1.65. The Labute approximate surface area is 98.2 Å². The number of anilines is 1. The normalized spacial score (nSPS) is 19.3. The summed E-state index contributed by atoms with van der Waals surface area (Å²) in [6.07, 6.45) is 0. The quantitative estimate of drug-likeness (QED) is 0.749. The van der Waals surface area contributed by atoms with Crippen molar-refractivity contribution in [2.45, 2.75) is 13.8 Å². The lowest BCUT2D eigenvalue weighted by Gasteiger charge is -2.47. The molecule has 0 bridgehead atoms. The Morgan fingerprint density at radius 2 is 2.00 bits per heavy atom. The van der Waals surface area contributed by atoms with E-state index in [1.165, 1.54) is 5.69 Å². The first kappa shape index (κ1) is 10.3. The summed E-state index contributed by atoms with van der Waals surface area (Å²) in [7, 11) is 0. The maximum atomic E-state index is 5.97. The maximum absolute atomic E-state index is 5.97. The molecule has 2 rings (SSSR count). The molecule has 0 spiro atoms. The molecule has 0 atom stereocenters. The van der Waals surface area contributed by atoms with Crippen molar-refractivity contribution >= 4 is 33.2 Å². The fourth-order valence-corrected chi connectivity index (χ4v) is 2.55. The molecule has 0 aliphatic carbocycles. The van der Waals surface area contributed by atoms with Gasteiger partial charge < -0.3 is 4.90 Å². The van der Waals surface area contributed by atoms with Crippen molar-refractivity contribution in [1.82, 2.24) is 0 Å². The molecule has 1 aliphatic rings. The second kappa shape index (κ2) is 3.42. The van der Waals surface area contributed by atoms with Crippen LogP contribution < -0.4 is 4.90 Å². The highest BCUT2D eigenvalue weighted by Crippen LogP contribution is 2.38. The lowest BCUT2D eigenvalue weighted by Crippen LogP contribution is -2.53. The Hall–Kier alpha value is -0.210. The zero-order valence-electron chi connectivity index (χ0n) is 8.35. The van der Waals surface area contributed by atoms with Crippen LogP contribution in [0.15, 0.2) is 22.7 Å². The molecule has 76 valence electrons. The number of hydrogen-bond acceptors (Lipinski definition) is 1. The fourth-order valence-electron chi connectivity index (χ4n) is 1.89. The highest BCUT2D eigenvalue weighted by molar-refractivity contribution is 9.10. The van der Waals surface area contributed by atoms with Crippen LogP contribution in [0.2, 0.25) is 5.02 Å². The van der Waals surface area contributed by atoms with Crippen LogP contribution in [0.5, 0.6) is 0 Å². The average molecular weight is 275 g/mol. The fraction of sp³-hybridized carbons (Fsp3) is 0.455. The van der Waals surface area contributed by atoms with Gasteiger partial charge in [-0.05, 0) is 39.5 Å². The summed E-state index contributed by atoms with van der Waals surface area (Å²) in [6.45, 7) is 6.77. The van der Waals surface area contributed by atoms with Gasteiger partial charge in [-0.15, -0.1) is 0 Å². The molecular weight excluding hydrogens is 261 g/mol. The van der Waals surface area contributed by atoms with E-state index in [2.05, 4.69) is 34.7 Å². The monoisotopic (exact) mass is 273 g/mol. The van der Waals surface area contributed by atoms with Crippen molar-refractivity contribution in [3.63, 3.8) is 0 Å². The Morgan fingerprint density at radius 3 is 2.57 bits per heavy atom. The molecule has 1 aliphatic heterocycles. The molecule has 0 saturated carbocycles. The van der Waals surface area contributed by atoms with Gasteiger partial charge in [0.15, 0.2) is 0 Å². The molecule has 14 heavy (non-hydrogen) atoms. The molecule has 1 aromatic rings. The molecule has 1 heterocycles. The van der Waals surface area contributed by atoms with E-state index in [0.717, 1.165) is 22.6 Å². The van der Waals surface area contributed by atoms with Gasteiger partial charge in [0.05, 0.1) is 5.69 Å². The summed E-state index contributed by atoms with van der Waals surface area (Å²) in [6, 6.07) is 5.92. The maximum Gasteiger partial charge on any atom is 0.0525 e. The predicted octanol–water partition coefficient (Wildman–Crippen LogP) is 3.95. The van der Waals surface area contributed by atoms with E-state index in [1.807, 2.05) is 18.2 Å². The molecule has 1 nitrogen and oxygen atoms in total. The molecular formula is C11H13BrClN. The van der Waals surface area contributed by atoms with Crippen LogP contribution in [-0.4, -0.2) is 13.1 Å². The minimum atomic E-state index is 0.446. The van der Waals surface area contributed by atoms with Crippen molar-refractivity contribution in [3.05, 3.63) is 27.7 Å². The molecule has 1 fully saturated rings. The number of hydrogen-bond donors (Lipinski definition) is 0. The second-order valence-electron chi connectivity index (χ2n) is 4.62. The van der Waals surface area contributed by atoms with Gasteiger partial charge in [-0.2, -0.15) is 0 Å². The summed E-state index contributed by atoms with van der Waals surface area (Å²) in [5, 5.41) is 0.799. The minimum Gasteiger partial charge on any atom is -0.369 e. The van der Waals surface area contributed by atoms with Crippen LogP contribution in [0.4, 0.5) is 5.69 Å². The first-order valence-corrected chi connectivity index (χ1v) is 5.85. The van der Waals surface area contributed by atoms with Gasteiger partial charge in [-0.25, -0.2) is 0 Å². The molecule has 0 N–H and O–H groups in total. The second-order valence-corrected chi connectivity index (χ2v) is 5.91. The molecule has 0 unspecified atom stereocenters. The first-order valence-electron chi connectivity index (χ1n) is 4.68. The smallest absolute Gasteiger partial charge is 0.0525 e. The van der Waals surface area contributed by atoms with E-state index in [9.17, 15) is 0 Å². The van der Waals surface area contributed by atoms with Gasteiger partial charge in [0.1, 0.15) is 0 Å². The Kier molecular flexibility index (Phi) is 2.52. The van der Waals surface area contributed by atoms with Crippen LogP contribution in [0, 0.1) is 5.41 Å². The van der Waals surface area contributed by atoms with Crippen molar-refractivity contribution in [3.8, 4) is 0 Å². The largest absolute Gasteiger partial charge is 0.369 e. The van der Waals surface area contributed by atoms with E-state index in [-0.39, 0.29) is 0 Å². The van der Waals surface area contributed by atoms with Gasteiger partial charge in [0.2, 0.25) is 0 Å². The third-order valence-corrected chi connectivity index (χ3v) is 3.39. The van der Waals surface area contributed by atoms with Crippen LogP contribution in [0.3, 0.4) is 0 Å². The van der Waals surface area contributed by atoms with Gasteiger partial charge in [0, 0.05) is 22.6 Å². The number of benzene rings is 1. The number of halogens is 2. The SMILES string of the molecule is CC1(C)CN(c2cc(Cl)ccc2Br)C1. The van der Waals surface area contributed by atoms with E-state index in [4.69, 9.17) is 11.6 Å². The zero-order valence-corrected chi connectivity index (χ0v) is 10.7. The molecule has 0 aromatic heterocycles. The zero-order chi connectivity index (χ0) is 10.3. The van der Waals surface area contributed by atoms with E-state index in [0.29, 0.717) is 5.41 Å². The van der Waals surface area contributed by atoms with E-state index < -0.39 is 0 Å². The van der Waals surface area contributed by atoms with Gasteiger partial charge in [-0.1, -0.05) is 25.4 Å². The topological polar surface area (TPSA) is 3.24 Å². The first-order chi connectivity index (χ1) is 6.48. The van der Waals surface area contributed by atoms with Gasteiger partial charge >= 0.3 is 0 Å². The third kappa shape index (κ3) is 1.91. The van der Waals surface area contributed by atoms with Crippen LogP contribution in [-0.2, 0) is 0 Å². The standard InChI is InChI=1S/C11H13BrClN/c1-11(2)6-14(7-11)10-5-8(13)3-4-9(10)12/h3-5H,6-7H2,1-2H3. The van der Waals surface area contributed by atoms with E-state index >= 15 is 0 Å². The van der Waals surface area contributed by atoms with Crippen LogP contribution >= 0.6 is 27.5 Å². The van der Waals surface area contributed by atoms with Crippen molar-refractivity contribution in [2.75, 3.05) is 18.0 Å². The van der Waals surface area contributed by atoms with Gasteiger partial charge in [0.25, 0.3) is 0 Å². The Balaban J connectivity index is 2.22. The number of nitrogens with zero attached hydrogens (tertiary/aromatic N) is 1. The number of rotatable bonds is 1. The molecule has 1 aromatic carbocycles. The summed E-state index contributed by atoms with van der Waals surface area (Å²) >= 11 is 9.51. The molecule has 3 heteroatoms. The molecule has 1 saturated heterocycles. The summed E-state index contributed by atoms with van der Waals surface area (Å²) in [5.74, 6) is 0. The van der Waals surface area contributed by atoms with E-state index in [1.54, 1.807) is 0 Å². The minimum absolute atomic E-state index is 0.446. The highest BCUT2D eigenvalue weighted by atomic mass is 79.9. The van der Waals surface area contributed by atoms with Crippen LogP contribution in [0.1, 0.15) is 13.8 Å². The predicted molar refractivity (Wildman–Crippen MR) is 65.1 cm³/mol. The van der Waals surface area contributed by atoms with Crippen molar-refractivity contribution < 1.29 is 0 Å². The third-order valence-electron chi connectivity index (χ3n) is 2.49. The summed E-state index contributed by atoms with van der Waals surface area (Å²) < 4.78 is 1.12.